The van der Waals surface area contributed by atoms with Gasteiger partial charge in [0.1, 0.15) is 5.82 Å². The third kappa shape index (κ3) is 3.00. The van der Waals surface area contributed by atoms with Crippen LogP contribution in [0.4, 0.5) is 4.39 Å². The molecule has 0 radical (unpaired) electrons. The molecule has 0 aliphatic heterocycles. The Kier molecular flexibility index (Phi) is 3.84. The first kappa shape index (κ1) is 16.1. The summed E-state index contributed by atoms with van der Waals surface area (Å²) in [6, 6.07) is 13.1. The van der Waals surface area contributed by atoms with E-state index < -0.39 is 5.97 Å². The molecule has 1 aromatic heterocycles. The molecule has 0 aliphatic carbocycles. The highest BCUT2D eigenvalue weighted by Gasteiger charge is 2.18. The summed E-state index contributed by atoms with van der Waals surface area (Å²) in [4.78, 5) is 16.3. The van der Waals surface area contributed by atoms with Crippen LogP contribution in [0.15, 0.2) is 48.5 Å². The summed E-state index contributed by atoms with van der Waals surface area (Å²) in [6.45, 7) is 6.23. The first-order valence-corrected chi connectivity index (χ1v) is 7.70. The van der Waals surface area contributed by atoms with Gasteiger partial charge < -0.3 is 5.11 Å². The number of rotatable bonds is 2. The lowest BCUT2D eigenvalue weighted by atomic mass is 9.86. The van der Waals surface area contributed by atoms with E-state index in [9.17, 15) is 14.3 Å². The molecular weight excluding hydrogens is 305 g/mol. The monoisotopic (exact) mass is 323 g/mol. The Labute approximate surface area is 139 Å². The molecule has 4 heteroatoms. The SMILES string of the molecule is CC(C)(C)c1ccc2nc(-c3ccc(F)cc3)cc(C(=O)O)c2c1. The van der Waals surface area contributed by atoms with Gasteiger partial charge in [0, 0.05) is 10.9 Å². The van der Waals surface area contributed by atoms with Crippen molar-refractivity contribution in [2.75, 3.05) is 0 Å². The van der Waals surface area contributed by atoms with E-state index in [0.29, 0.717) is 22.2 Å². The number of hydrogen-bond donors (Lipinski definition) is 1. The third-order valence-corrected chi connectivity index (χ3v) is 4.05. The summed E-state index contributed by atoms with van der Waals surface area (Å²) >= 11 is 0. The minimum atomic E-state index is -1.00. The average Bonchev–Trinajstić information content (AvgIpc) is 2.53. The van der Waals surface area contributed by atoms with Crippen LogP contribution in [0, 0.1) is 5.82 Å². The minimum absolute atomic E-state index is 0.0837. The van der Waals surface area contributed by atoms with Crippen LogP contribution in [0.1, 0.15) is 36.7 Å². The van der Waals surface area contributed by atoms with Gasteiger partial charge in [0.15, 0.2) is 0 Å². The lowest BCUT2D eigenvalue weighted by molar-refractivity contribution is 0.0699. The van der Waals surface area contributed by atoms with Crippen molar-refractivity contribution in [2.24, 2.45) is 0 Å². The van der Waals surface area contributed by atoms with Crippen molar-refractivity contribution < 1.29 is 14.3 Å². The molecule has 122 valence electrons. The molecule has 1 N–H and O–H groups in total. The number of carboxylic acids is 1. The first-order chi connectivity index (χ1) is 11.3. The number of nitrogens with zero attached hydrogens (tertiary/aromatic N) is 1. The highest BCUT2D eigenvalue weighted by Crippen LogP contribution is 2.30. The van der Waals surface area contributed by atoms with Gasteiger partial charge in [-0.1, -0.05) is 26.8 Å². The number of carbonyl (C=O) groups is 1. The van der Waals surface area contributed by atoms with Crippen LogP contribution < -0.4 is 0 Å². The van der Waals surface area contributed by atoms with Crippen LogP contribution in [-0.4, -0.2) is 16.1 Å². The molecule has 0 fully saturated rings. The van der Waals surface area contributed by atoms with E-state index in [0.717, 1.165) is 5.56 Å². The second-order valence-electron chi connectivity index (χ2n) is 6.85. The van der Waals surface area contributed by atoms with Crippen molar-refractivity contribution in [1.29, 1.82) is 0 Å². The second-order valence-corrected chi connectivity index (χ2v) is 6.85. The van der Waals surface area contributed by atoms with Gasteiger partial charge in [-0.05, 0) is 53.4 Å². The highest BCUT2D eigenvalue weighted by molar-refractivity contribution is 6.04. The summed E-state index contributed by atoms with van der Waals surface area (Å²) in [5.74, 6) is -1.34. The van der Waals surface area contributed by atoms with E-state index >= 15 is 0 Å². The van der Waals surface area contributed by atoms with Crippen molar-refractivity contribution in [2.45, 2.75) is 26.2 Å². The van der Waals surface area contributed by atoms with Gasteiger partial charge in [0.05, 0.1) is 16.8 Å². The van der Waals surface area contributed by atoms with Gasteiger partial charge in [-0.3, -0.25) is 0 Å². The van der Waals surface area contributed by atoms with Gasteiger partial charge in [0.25, 0.3) is 0 Å². The van der Waals surface area contributed by atoms with Crippen LogP contribution in [-0.2, 0) is 5.41 Å². The minimum Gasteiger partial charge on any atom is -0.478 e. The number of benzene rings is 2. The van der Waals surface area contributed by atoms with Gasteiger partial charge in [-0.15, -0.1) is 0 Å². The maximum atomic E-state index is 13.1. The summed E-state index contributed by atoms with van der Waals surface area (Å²) in [6.07, 6.45) is 0. The second kappa shape index (κ2) is 5.71. The molecule has 0 aliphatic rings. The molecule has 2 aromatic carbocycles. The Morgan fingerprint density at radius 2 is 1.71 bits per heavy atom. The van der Waals surface area contributed by atoms with Crippen molar-refractivity contribution in [3.8, 4) is 11.3 Å². The van der Waals surface area contributed by atoms with Gasteiger partial charge in [-0.2, -0.15) is 0 Å². The zero-order chi connectivity index (χ0) is 17.5. The molecule has 0 amide bonds. The summed E-state index contributed by atoms with van der Waals surface area (Å²) in [5, 5.41) is 10.2. The first-order valence-electron chi connectivity index (χ1n) is 7.70. The highest BCUT2D eigenvalue weighted by atomic mass is 19.1. The Morgan fingerprint density at radius 3 is 2.29 bits per heavy atom. The van der Waals surface area contributed by atoms with E-state index in [1.54, 1.807) is 18.2 Å². The lowest BCUT2D eigenvalue weighted by Crippen LogP contribution is -2.11. The summed E-state index contributed by atoms with van der Waals surface area (Å²) in [5.41, 5.74) is 2.98. The Balaban J connectivity index is 2.25. The maximum absolute atomic E-state index is 13.1. The van der Waals surface area contributed by atoms with Gasteiger partial charge in [-0.25, -0.2) is 14.2 Å². The van der Waals surface area contributed by atoms with E-state index in [1.165, 1.54) is 12.1 Å². The van der Waals surface area contributed by atoms with E-state index in [-0.39, 0.29) is 16.8 Å². The maximum Gasteiger partial charge on any atom is 0.336 e. The number of aromatic carboxylic acids is 1. The largest absolute Gasteiger partial charge is 0.478 e. The van der Waals surface area contributed by atoms with Crippen LogP contribution in [0.2, 0.25) is 0 Å². The van der Waals surface area contributed by atoms with Crippen molar-refractivity contribution in [3.63, 3.8) is 0 Å². The number of fused-ring (bicyclic) bond motifs is 1. The molecule has 3 rings (SSSR count). The molecule has 0 atom stereocenters. The van der Waals surface area contributed by atoms with E-state index in [4.69, 9.17) is 0 Å². The fraction of sp³-hybridized carbons (Fsp3) is 0.200. The van der Waals surface area contributed by atoms with E-state index in [1.807, 2.05) is 18.2 Å². The van der Waals surface area contributed by atoms with Gasteiger partial charge >= 0.3 is 5.97 Å². The molecule has 0 spiro atoms. The lowest BCUT2D eigenvalue weighted by Gasteiger charge is -2.20. The number of aromatic nitrogens is 1. The molecule has 3 aromatic rings. The standard InChI is InChI=1S/C20H18FNO2/c1-20(2,3)13-6-9-17-15(10-13)16(19(23)24)11-18(22-17)12-4-7-14(21)8-5-12/h4-11H,1-3H3,(H,23,24). The van der Waals surface area contributed by atoms with Crippen LogP contribution in [0.25, 0.3) is 22.2 Å². The molecule has 3 nitrogen and oxygen atoms in total. The van der Waals surface area contributed by atoms with Crippen LogP contribution in [0.3, 0.4) is 0 Å². The summed E-state index contributed by atoms with van der Waals surface area (Å²) in [7, 11) is 0. The molecule has 1 heterocycles. The Bertz CT molecular complexity index is 925. The average molecular weight is 323 g/mol. The zero-order valence-corrected chi connectivity index (χ0v) is 13.8. The van der Waals surface area contributed by atoms with Crippen molar-refractivity contribution >= 4 is 16.9 Å². The van der Waals surface area contributed by atoms with Crippen molar-refractivity contribution in [3.05, 3.63) is 65.5 Å². The Hall–Kier alpha value is -2.75. The quantitative estimate of drug-likeness (QED) is 0.719. The van der Waals surface area contributed by atoms with Crippen LogP contribution >= 0.6 is 0 Å². The number of halogens is 1. The Morgan fingerprint density at radius 1 is 1.04 bits per heavy atom. The van der Waals surface area contributed by atoms with Crippen molar-refractivity contribution in [1.82, 2.24) is 4.98 Å². The topological polar surface area (TPSA) is 50.2 Å². The number of hydrogen-bond acceptors (Lipinski definition) is 2. The number of carboxylic acid groups (broad SMARTS) is 1. The molecule has 24 heavy (non-hydrogen) atoms. The fourth-order valence-electron chi connectivity index (χ4n) is 2.64. The van der Waals surface area contributed by atoms with Crippen LogP contribution in [0.5, 0.6) is 0 Å². The number of pyridine rings is 1. The van der Waals surface area contributed by atoms with E-state index in [2.05, 4.69) is 25.8 Å². The predicted molar refractivity (Wildman–Crippen MR) is 92.8 cm³/mol. The molecule has 0 bridgehead atoms. The molecule has 0 unspecified atom stereocenters. The molecule has 0 saturated carbocycles. The normalized spacial score (nSPS) is 11.7. The summed E-state index contributed by atoms with van der Waals surface area (Å²) < 4.78 is 13.1. The molecule has 0 saturated heterocycles. The van der Waals surface area contributed by atoms with Gasteiger partial charge in [0.2, 0.25) is 0 Å². The zero-order valence-electron chi connectivity index (χ0n) is 13.8. The fourth-order valence-corrected chi connectivity index (χ4v) is 2.64. The third-order valence-electron chi connectivity index (χ3n) is 4.05. The predicted octanol–water partition coefficient (Wildman–Crippen LogP) is 5.04. The smallest absolute Gasteiger partial charge is 0.336 e. The molecular formula is C20H18FNO2.